The maximum absolute atomic E-state index is 12.5. The summed E-state index contributed by atoms with van der Waals surface area (Å²) in [6.07, 6.45) is -3.72. The van der Waals surface area contributed by atoms with Gasteiger partial charge in [0.25, 0.3) is 6.43 Å². The number of benzene rings is 1. The summed E-state index contributed by atoms with van der Waals surface area (Å²) >= 11 is 0. The van der Waals surface area contributed by atoms with E-state index in [1.54, 1.807) is 31.3 Å². The van der Waals surface area contributed by atoms with Gasteiger partial charge in [-0.2, -0.15) is 0 Å². The summed E-state index contributed by atoms with van der Waals surface area (Å²) in [6, 6.07) is 8.94. The molecule has 0 bridgehead atoms. The molecule has 1 rings (SSSR count). The molecule has 1 aromatic carbocycles. The molecule has 0 spiro atoms. The number of para-hydroxylation sites is 1. The van der Waals surface area contributed by atoms with Crippen LogP contribution in [0.4, 0.5) is 14.5 Å². The van der Waals surface area contributed by atoms with Crippen LogP contribution in [0.1, 0.15) is 0 Å². The molecule has 1 aromatic rings. The Hall–Kier alpha value is -1.16. The minimum atomic E-state index is -2.52. The Morgan fingerprint density at radius 3 is 2.21 bits per heavy atom. The molecular weight excluding hydrogens is 188 g/mol. The minimum Gasteiger partial charge on any atom is -0.356 e. The zero-order chi connectivity index (χ0) is 10.6. The first-order valence-corrected chi connectivity index (χ1v) is 4.25. The fourth-order valence-electron chi connectivity index (χ4n) is 1.24. The number of alkyl halides is 2. The van der Waals surface area contributed by atoms with Crippen LogP contribution in [0.2, 0.25) is 0 Å². The van der Waals surface area contributed by atoms with Crippen molar-refractivity contribution >= 4 is 5.69 Å². The van der Waals surface area contributed by atoms with Crippen molar-refractivity contribution in [2.24, 2.45) is 0 Å². The van der Waals surface area contributed by atoms with Gasteiger partial charge in [0, 0.05) is 19.8 Å². The highest BCUT2D eigenvalue weighted by Crippen LogP contribution is 2.18. The molecule has 1 unspecified atom stereocenters. The third-order valence-electron chi connectivity index (χ3n) is 2.00. The molecule has 1 atom stereocenters. The number of anilines is 1. The molecule has 0 amide bonds. The van der Waals surface area contributed by atoms with Crippen LogP contribution in [-0.4, -0.2) is 26.8 Å². The van der Waals surface area contributed by atoms with Gasteiger partial charge in [0.2, 0.25) is 0 Å². The Morgan fingerprint density at radius 2 is 1.79 bits per heavy atom. The molecule has 78 valence electrons. The zero-order valence-electron chi connectivity index (χ0n) is 8.15. The summed E-state index contributed by atoms with van der Waals surface area (Å²) in [4.78, 5) is 1.41. The lowest BCUT2D eigenvalue weighted by molar-refractivity contribution is -0.0308. The molecule has 0 fully saturated rings. The third-order valence-corrected chi connectivity index (χ3v) is 2.00. The van der Waals surface area contributed by atoms with Gasteiger partial charge in [0.1, 0.15) is 0 Å². The van der Waals surface area contributed by atoms with E-state index in [0.29, 0.717) is 5.69 Å². The number of ether oxygens (including phenoxy) is 1. The van der Waals surface area contributed by atoms with Gasteiger partial charge in [-0.05, 0) is 12.1 Å². The molecule has 0 heterocycles. The molecular formula is C10H13F2NO. The maximum atomic E-state index is 12.5. The van der Waals surface area contributed by atoms with Crippen molar-refractivity contribution in [2.45, 2.75) is 12.7 Å². The highest BCUT2D eigenvalue weighted by molar-refractivity contribution is 5.45. The van der Waals surface area contributed by atoms with Gasteiger partial charge in [-0.15, -0.1) is 0 Å². The molecule has 0 aliphatic heterocycles. The fraction of sp³-hybridized carbons (Fsp3) is 0.400. The van der Waals surface area contributed by atoms with Crippen LogP contribution < -0.4 is 4.90 Å². The summed E-state index contributed by atoms with van der Waals surface area (Å²) in [5.74, 6) is 0. The number of rotatable bonds is 4. The smallest absolute Gasteiger partial charge is 0.282 e. The van der Waals surface area contributed by atoms with Gasteiger partial charge < -0.3 is 9.64 Å². The number of hydrogen-bond acceptors (Lipinski definition) is 2. The lowest BCUT2D eigenvalue weighted by atomic mass is 10.3. The van der Waals surface area contributed by atoms with Crippen LogP contribution in [0.3, 0.4) is 0 Å². The number of hydrogen-bond donors (Lipinski definition) is 0. The summed E-state index contributed by atoms with van der Waals surface area (Å²) in [5.41, 5.74) is 0.708. The summed E-state index contributed by atoms with van der Waals surface area (Å²) in [6.45, 7) is 0. The van der Waals surface area contributed by atoms with E-state index >= 15 is 0 Å². The largest absolute Gasteiger partial charge is 0.356 e. The number of methoxy groups -OCH3 is 1. The van der Waals surface area contributed by atoms with E-state index in [9.17, 15) is 8.78 Å². The van der Waals surface area contributed by atoms with Crippen molar-refractivity contribution in [2.75, 3.05) is 19.1 Å². The first-order valence-electron chi connectivity index (χ1n) is 4.25. The van der Waals surface area contributed by atoms with Crippen molar-refractivity contribution < 1.29 is 13.5 Å². The van der Waals surface area contributed by atoms with Crippen molar-refractivity contribution in [3.63, 3.8) is 0 Å². The Morgan fingerprint density at radius 1 is 1.21 bits per heavy atom. The Balaban J connectivity index is 2.78. The monoisotopic (exact) mass is 201 g/mol. The van der Waals surface area contributed by atoms with Crippen molar-refractivity contribution in [1.29, 1.82) is 0 Å². The van der Waals surface area contributed by atoms with Gasteiger partial charge in [0.05, 0.1) is 0 Å². The minimum absolute atomic E-state index is 0.708. The van der Waals surface area contributed by atoms with E-state index in [2.05, 4.69) is 0 Å². The Kier molecular flexibility index (Phi) is 3.83. The van der Waals surface area contributed by atoms with E-state index in [1.807, 2.05) is 6.07 Å². The maximum Gasteiger partial charge on any atom is 0.282 e. The van der Waals surface area contributed by atoms with Gasteiger partial charge in [-0.3, -0.25) is 0 Å². The molecule has 0 N–H and O–H groups in total. The highest BCUT2D eigenvalue weighted by Gasteiger charge is 2.24. The van der Waals surface area contributed by atoms with Crippen LogP contribution >= 0.6 is 0 Å². The molecule has 4 heteroatoms. The predicted molar refractivity (Wildman–Crippen MR) is 51.6 cm³/mol. The second-order valence-corrected chi connectivity index (χ2v) is 2.91. The molecule has 0 saturated carbocycles. The second kappa shape index (κ2) is 4.91. The van der Waals surface area contributed by atoms with Crippen molar-refractivity contribution in [3.05, 3.63) is 30.3 Å². The van der Waals surface area contributed by atoms with E-state index < -0.39 is 12.7 Å². The van der Waals surface area contributed by atoms with E-state index in [-0.39, 0.29) is 0 Å². The molecule has 2 nitrogen and oxygen atoms in total. The summed E-state index contributed by atoms with van der Waals surface area (Å²) in [5, 5.41) is 0. The van der Waals surface area contributed by atoms with Gasteiger partial charge >= 0.3 is 0 Å². The first kappa shape index (κ1) is 10.9. The Labute approximate surface area is 82.1 Å². The number of halogens is 2. The predicted octanol–water partition coefficient (Wildman–Crippen LogP) is 2.36. The molecule has 0 saturated heterocycles. The summed E-state index contributed by atoms with van der Waals surface area (Å²) in [7, 11) is 2.85. The molecule has 0 radical (unpaired) electrons. The topological polar surface area (TPSA) is 12.5 Å². The molecule has 0 aliphatic carbocycles. The van der Waals surface area contributed by atoms with Crippen molar-refractivity contribution in [3.8, 4) is 0 Å². The van der Waals surface area contributed by atoms with Crippen LogP contribution in [-0.2, 0) is 4.74 Å². The molecule has 14 heavy (non-hydrogen) atoms. The normalized spacial score (nSPS) is 12.9. The number of nitrogens with zero attached hydrogens (tertiary/aromatic N) is 1. The van der Waals surface area contributed by atoms with Crippen LogP contribution in [0.15, 0.2) is 30.3 Å². The Bertz CT molecular complexity index is 266. The molecule has 0 aromatic heterocycles. The fourth-order valence-corrected chi connectivity index (χ4v) is 1.24. The van der Waals surface area contributed by atoms with Crippen LogP contribution in [0.5, 0.6) is 0 Å². The first-order chi connectivity index (χ1) is 6.66. The van der Waals surface area contributed by atoms with E-state index in [4.69, 9.17) is 4.74 Å². The second-order valence-electron chi connectivity index (χ2n) is 2.91. The third kappa shape index (κ3) is 2.42. The van der Waals surface area contributed by atoms with Gasteiger partial charge in [-0.1, -0.05) is 18.2 Å². The quantitative estimate of drug-likeness (QED) is 0.693. The van der Waals surface area contributed by atoms with E-state index in [0.717, 1.165) is 0 Å². The lowest BCUT2D eigenvalue weighted by Crippen LogP contribution is -2.39. The van der Waals surface area contributed by atoms with Crippen LogP contribution in [0.25, 0.3) is 0 Å². The highest BCUT2D eigenvalue weighted by atomic mass is 19.3. The average Bonchev–Trinajstić information content (AvgIpc) is 2.19. The lowest BCUT2D eigenvalue weighted by Gasteiger charge is -2.27. The van der Waals surface area contributed by atoms with Gasteiger partial charge in [0.15, 0.2) is 6.23 Å². The van der Waals surface area contributed by atoms with Crippen molar-refractivity contribution in [1.82, 2.24) is 0 Å². The van der Waals surface area contributed by atoms with Gasteiger partial charge in [-0.25, -0.2) is 8.78 Å². The average molecular weight is 201 g/mol. The van der Waals surface area contributed by atoms with Crippen LogP contribution in [0, 0.1) is 0 Å². The van der Waals surface area contributed by atoms with E-state index in [1.165, 1.54) is 12.0 Å². The zero-order valence-corrected chi connectivity index (χ0v) is 8.15. The molecule has 0 aliphatic rings. The standard InChI is InChI=1S/C10H13F2NO/c1-13(10(14-2)9(11)12)8-6-4-3-5-7-8/h3-7,9-10H,1-2H3. The SMILES string of the molecule is COC(C(F)F)N(C)c1ccccc1. The summed E-state index contributed by atoms with van der Waals surface area (Å²) < 4.78 is 29.6.